The molecule has 1 aromatic rings. The van der Waals surface area contributed by atoms with Crippen molar-refractivity contribution < 1.29 is 9.90 Å². The summed E-state index contributed by atoms with van der Waals surface area (Å²) < 4.78 is 0. The van der Waals surface area contributed by atoms with E-state index in [1.54, 1.807) is 17.8 Å². The molecule has 0 spiro atoms. The Morgan fingerprint density at radius 2 is 2.10 bits per heavy atom. The van der Waals surface area contributed by atoms with Crippen molar-refractivity contribution in [3.63, 3.8) is 0 Å². The number of amides is 1. The average molecular weight is 308 g/mol. The van der Waals surface area contributed by atoms with Crippen LogP contribution in [0.25, 0.3) is 0 Å². The van der Waals surface area contributed by atoms with E-state index in [9.17, 15) is 9.90 Å². The zero-order valence-corrected chi connectivity index (χ0v) is 13.5. The Morgan fingerprint density at radius 1 is 1.43 bits per heavy atom. The van der Waals surface area contributed by atoms with Crippen LogP contribution in [-0.2, 0) is 16.6 Å². The van der Waals surface area contributed by atoms with Gasteiger partial charge in [-0.3, -0.25) is 4.79 Å². The molecule has 0 heterocycles. The van der Waals surface area contributed by atoms with Crippen LogP contribution in [0.5, 0.6) is 5.75 Å². The number of carbonyl (C=O) groups excluding carboxylic acids is 1. The molecule has 4 nitrogen and oxygen atoms in total. The molecule has 0 fully saturated rings. The van der Waals surface area contributed by atoms with E-state index in [-0.39, 0.29) is 28.4 Å². The number of phenolic OH excluding ortho intramolecular Hbond substituents is 1. The number of primary amides is 1. The maximum atomic E-state index is 11.1. The number of hydrogen-bond acceptors (Lipinski definition) is 4. The summed E-state index contributed by atoms with van der Waals surface area (Å²) in [6, 6.07) is 5.51. The fourth-order valence-corrected chi connectivity index (χ4v) is 4.68. The molecule has 0 saturated carbocycles. The van der Waals surface area contributed by atoms with Crippen molar-refractivity contribution in [1.29, 1.82) is 0 Å². The van der Waals surface area contributed by atoms with Crippen LogP contribution in [0, 0.1) is 0 Å². The Morgan fingerprint density at radius 3 is 2.67 bits per heavy atom. The van der Waals surface area contributed by atoms with Crippen molar-refractivity contribution >= 4 is 17.7 Å². The quantitative estimate of drug-likeness (QED) is 0.775. The van der Waals surface area contributed by atoms with Gasteiger partial charge in [0.15, 0.2) is 0 Å². The zero-order valence-electron chi connectivity index (χ0n) is 12.6. The predicted molar refractivity (Wildman–Crippen MR) is 87.5 cm³/mol. The van der Waals surface area contributed by atoms with Gasteiger partial charge in [0.25, 0.3) is 0 Å². The lowest BCUT2D eigenvalue weighted by Crippen LogP contribution is -2.55. The summed E-state index contributed by atoms with van der Waals surface area (Å²) in [6.07, 6.45) is 2.64. The van der Waals surface area contributed by atoms with Gasteiger partial charge in [-0.15, -0.1) is 11.8 Å². The second-order valence-electron chi connectivity index (χ2n) is 5.75. The van der Waals surface area contributed by atoms with Gasteiger partial charge in [-0.05, 0) is 42.5 Å². The molecule has 2 atom stereocenters. The van der Waals surface area contributed by atoms with Crippen LogP contribution in [-0.4, -0.2) is 28.1 Å². The Hall–Kier alpha value is -1.20. The number of carbonyl (C=O) groups is 1. The minimum Gasteiger partial charge on any atom is -0.508 e. The van der Waals surface area contributed by atoms with Crippen molar-refractivity contribution in [3.05, 3.63) is 29.3 Å². The smallest absolute Gasteiger partial charge is 0.227 e. The summed E-state index contributed by atoms with van der Waals surface area (Å²) in [5.74, 6) is 0.285. The van der Waals surface area contributed by atoms with Gasteiger partial charge >= 0.3 is 0 Å². The Labute approximate surface area is 130 Å². The summed E-state index contributed by atoms with van der Waals surface area (Å²) in [5, 5.41) is 10.0. The SMILES string of the molecule is CCC1(CC)c2cc(O)ccc2C[C@H](SCC(N)=O)[C@H]1N. The summed E-state index contributed by atoms with van der Waals surface area (Å²) in [7, 11) is 0. The molecule has 0 aliphatic heterocycles. The van der Waals surface area contributed by atoms with Gasteiger partial charge in [-0.25, -0.2) is 0 Å². The number of hydrogen-bond donors (Lipinski definition) is 3. The number of benzene rings is 1. The fourth-order valence-electron chi connectivity index (χ4n) is 3.54. The first-order valence-corrected chi connectivity index (χ1v) is 8.47. The molecule has 1 aliphatic rings. The van der Waals surface area contributed by atoms with Gasteiger partial charge in [-0.1, -0.05) is 19.9 Å². The molecule has 21 heavy (non-hydrogen) atoms. The maximum absolute atomic E-state index is 11.1. The molecule has 0 aromatic heterocycles. The minimum atomic E-state index is -0.303. The molecule has 0 saturated heterocycles. The highest BCUT2D eigenvalue weighted by Gasteiger charge is 2.44. The Kier molecular flexibility index (Phi) is 4.84. The highest BCUT2D eigenvalue weighted by atomic mass is 32.2. The first kappa shape index (κ1) is 16.2. The molecule has 1 aromatic carbocycles. The average Bonchev–Trinajstić information content (AvgIpc) is 2.46. The van der Waals surface area contributed by atoms with E-state index < -0.39 is 0 Å². The lowest BCUT2D eigenvalue weighted by atomic mass is 9.63. The van der Waals surface area contributed by atoms with E-state index in [1.807, 2.05) is 12.1 Å². The summed E-state index contributed by atoms with van der Waals surface area (Å²) >= 11 is 1.55. The Bertz CT molecular complexity index is 529. The van der Waals surface area contributed by atoms with E-state index in [2.05, 4.69) is 13.8 Å². The monoisotopic (exact) mass is 308 g/mol. The fraction of sp³-hybridized carbons (Fsp3) is 0.562. The second-order valence-corrected chi connectivity index (χ2v) is 6.98. The number of rotatable bonds is 5. The number of nitrogens with two attached hydrogens (primary N) is 2. The van der Waals surface area contributed by atoms with Crippen LogP contribution < -0.4 is 11.5 Å². The number of fused-ring (bicyclic) bond motifs is 1. The molecular weight excluding hydrogens is 284 g/mol. The van der Waals surface area contributed by atoms with Crippen molar-refractivity contribution in [1.82, 2.24) is 0 Å². The summed E-state index contributed by atoms with van der Waals surface area (Å²) in [4.78, 5) is 11.1. The molecule has 5 heteroatoms. The van der Waals surface area contributed by atoms with E-state index in [0.29, 0.717) is 5.75 Å². The highest BCUT2D eigenvalue weighted by Crippen LogP contribution is 2.45. The third kappa shape index (κ3) is 2.90. The number of phenols is 1. The third-order valence-electron chi connectivity index (χ3n) is 4.79. The van der Waals surface area contributed by atoms with Crippen molar-refractivity contribution in [2.75, 3.05) is 5.75 Å². The van der Waals surface area contributed by atoms with Crippen molar-refractivity contribution in [2.45, 2.75) is 49.8 Å². The Balaban J connectivity index is 2.42. The first-order chi connectivity index (χ1) is 9.94. The minimum absolute atomic E-state index is 0.0499. The standard InChI is InChI=1S/C16H24N2O2S/c1-3-16(4-2)12-8-11(19)6-5-10(12)7-13(15(16)18)21-9-14(17)20/h5-6,8,13,15,19H,3-4,7,9,18H2,1-2H3,(H2,17,20)/t13-,15+/m0/s1. The van der Waals surface area contributed by atoms with Gasteiger partial charge in [0.05, 0.1) is 5.75 Å². The molecule has 0 bridgehead atoms. The molecule has 0 unspecified atom stereocenters. The molecule has 116 valence electrons. The van der Waals surface area contributed by atoms with E-state index in [4.69, 9.17) is 11.5 Å². The van der Waals surface area contributed by atoms with Gasteiger partial charge in [0.1, 0.15) is 5.75 Å². The molecule has 1 aliphatic carbocycles. The molecule has 5 N–H and O–H groups in total. The number of thioether (sulfide) groups is 1. The van der Waals surface area contributed by atoms with Crippen LogP contribution in [0.15, 0.2) is 18.2 Å². The van der Waals surface area contributed by atoms with Crippen LogP contribution in [0.3, 0.4) is 0 Å². The molecular formula is C16H24N2O2S. The molecule has 1 amide bonds. The van der Waals surface area contributed by atoms with Gasteiger partial charge in [0.2, 0.25) is 5.91 Å². The summed E-state index contributed by atoms with van der Waals surface area (Å²) in [6.45, 7) is 4.27. The van der Waals surface area contributed by atoms with E-state index in [0.717, 1.165) is 24.8 Å². The summed E-state index contributed by atoms with van der Waals surface area (Å²) in [5.41, 5.74) is 14.1. The van der Waals surface area contributed by atoms with Gasteiger partial charge < -0.3 is 16.6 Å². The first-order valence-electron chi connectivity index (χ1n) is 7.42. The molecule has 2 rings (SSSR count). The van der Waals surface area contributed by atoms with Crippen LogP contribution in [0.2, 0.25) is 0 Å². The van der Waals surface area contributed by atoms with Gasteiger partial charge in [-0.2, -0.15) is 0 Å². The van der Waals surface area contributed by atoms with Crippen LogP contribution in [0.4, 0.5) is 0 Å². The lowest BCUT2D eigenvalue weighted by molar-refractivity contribution is -0.115. The van der Waals surface area contributed by atoms with Gasteiger partial charge in [0, 0.05) is 16.7 Å². The topological polar surface area (TPSA) is 89.3 Å². The van der Waals surface area contributed by atoms with Crippen LogP contribution in [0.1, 0.15) is 37.8 Å². The lowest BCUT2D eigenvalue weighted by Gasteiger charge is -2.47. The largest absolute Gasteiger partial charge is 0.508 e. The normalized spacial score (nSPS) is 23.6. The van der Waals surface area contributed by atoms with E-state index >= 15 is 0 Å². The third-order valence-corrected chi connectivity index (χ3v) is 6.13. The molecule has 0 radical (unpaired) electrons. The van der Waals surface area contributed by atoms with Crippen molar-refractivity contribution in [3.8, 4) is 5.75 Å². The van der Waals surface area contributed by atoms with E-state index in [1.165, 1.54) is 5.56 Å². The second kappa shape index (κ2) is 6.28. The number of aromatic hydroxyl groups is 1. The highest BCUT2D eigenvalue weighted by molar-refractivity contribution is 8.00. The van der Waals surface area contributed by atoms with Crippen molar-refractivity contribution in [2.24, 2.45) is 11.5 Å². The van der Waals surface area contributed by atoms with Crippen LogP contribution >= 0.6 is 11.8 Å². The maximum Gasteiger partial charge on any atom is 0.227 e. The zero-order chi connectivity index (χ0) is 15.6. The predicted octanol–water partition coefficient (Wildman–Crippen LogP) is 1.92.